The fourth-order valence-electron chi connectivity index (χ4n) is 0.312. The maximum atomic E-state index is 5.03. The molecule has 0 spiro atoms. The van der Waals surface area contributed by atoms with Crippen molar-refractivity contribution in [3.63, 3.8) is 0 Å². The minimum absolute atomic E-state index is 0.274. The molecule has 0 saturated carbocycles. The van der Waals surface area contributed by atoms with Crippen LogP contribution in [-0.2, 0) is 4.74 Å². The van der Waals surface area contributed by atoms with Crippen LogP contribution < -0.4 is 0 Å². The highest BCUT2D eigenvalue weighted by molar-refractivity contribution is 14.3. The van der Waals surface area contributed by atoms with Gasteiger partial charge in [0.05, 0.1) is 7.11 Å². The molecule has 0 atom stereocenters. The number of halogens is 2. The molecule has 0 N–H and O–H groups in total. The van der Waals surface area contributed by atoms with Crippen molar-refractivity contribution in [3.8, 4) is 0 Å². The summed E-state index contributed by atoms with van der Waals surface area (Å²) in [6.07, 6.45) is 0. The number of methoxy groups -OCH3 is 1. The Bertz CT molecular complexity index is 158. The van der Waals surface area contributed by atoms with Crippen LogP contribution in [0.25, 0.3) is 0 Å². The lowest BCUT2D eigenvalue weighted by atomic mass is 10.7. The Labute approximate surface area is 68.6 Å². The minimum atomic E-state index is 0.274. The van der Waals surface area contributed by atoms with Gasteiger partial charge in [-0.1, -0.05) is 41.5 Å². The fraction of sp³-hybridized carbons (Fsp3) is 0.200. The van der Waals surface area contributed by atoms with Crippen LogP contribution in [0.3, 0.4) is 0 Å². The van der Waals surface area contributed by atoms with E-state index in [-0.39, 0.29) is 41.5 Å². The minimum Gasteiger partial charge on any atom is -0.496 e. The van der Waals surface area contributed by atoms with Gasteiger partial charge in [-0.2, -0.15) is 0 Å². The Balaban J connectivity index is 2.68. The van der Waals surface area contributed by atoms with Crippen molar-refractivity contribution in [2.45, 2.75) is 0 Å². The van der Waals surface area contributed by atoms with Crippen molar-refractivity contribution in [1.82, 2.24) is 0 Å². The second-order valence-corrected chi connectivity index (χ2v) is 7.47. The number of hydrogen-bond donors (Lipinski definition) is 0. The highest BCUT2D eigenvalue weighted by Gasteiger charge is 1.87. The molecule has 3 heteroatoms. The highest BCUT2D eigenvalue weighted by Crippen LogP contribution is 2.14. The Morgan fingerprint density at radius 2 is 2.38 bits per heavy atom. The summed E-state index contributed by atoms with van der Waals surface area (Å²) in [7, 11) is 1.74. The van der Waals surface area contributed by atoms with Gasteiger partial charge in [0.1, 0.15) is 5.76 Å². The Morgan fingerprint density at radius 1 is 1.50 bits per heavy atom. The van der Waals surface area contributed by atoms with E-state index in [0.717, 1.165) is 5.76 Å². The predicted molar refractivity (Wildman–Crippen MR) is 55.3 cm³/mol. The van der Waals surface area contributed by atoms with E-state index in [1.54, 1.807) is 7.11 Å². The summed E-state index contributed by atoms with van der Waals surface area (Å²) in [5.41, 5.74) is 0. The van der Waals surface area contributed by atoms with E-state index in [0.29, 0.717) is 0 Å². The average molecular weight is 336 g/mol. The van der Waals surface area contributed by atoms with Crippen molar-refractivity contribution in [1.29, 1.82) is 0 Å². The molecule has 0 unspecified atom stereocenters. The largest absolute Gasteiger partial charge is 0.496 e. The van der Waals surface area contributed by atoms with E-state index in [1.165, 1.54) is 0 Å². The molecule has 0 fully saturated rings. The summed E-state index contributed by atoms with van der Waals surface area (Å²) in [6, 6.07) is 0. The zero-order chi connectivity index (χ0) is 5.82. The zero-order valence-electron chi connectivity index (χ0n) is 4.40. The quantitative estimate of drug-likeness (QED) is 0.666. The molecule has 0 aromatic rings. The zero-order valence-corrected chi connectivity index (χ0v) is 8.71. The van der Waals surface area contributed by atoms with Gasteiger partial charge in [0.2, 0.25) is 0 Å². The Hall–Kier alpha value is 0.740. The lowest BCUT2D eigenvalue weighted by Gasteiger charge is -1.97. The normalized spacial score (nSPS) is 17.9. The predicted octanol–water partition coefficient (Wildman–Crippen LogP) is 1.99. The first-order chi connectivity index (χ1) is 3.93. The van der Waals surface area contributed by atoms with Crippen LogP contribution in [0.2, 0.25) is 0 Å². The molecule has 1 rings (SSSR count). The number of allylic oxidation sites excluding steroid dienone is 1. The average Bonchev–Trinajstić information content (AvgIpc) is 1.90. The van der Waals surface area contributed by atoms with E-state index in [4.69, 9.17) is 4.74 Å². The summed E-state index contributed by atoms with van der Waals surface area (Å²) < 4.78 is 11.9. The molecule has 0 bridgehead atoms. The molecule has 8 heavy (non-hydrogen) atoms. The SMILES string of the molecule is COC1=CI=CI=C1. The summed E-state index contributed by atoms with van der Waals surface area (Å²) in [6.45, 7) is 0. The topological polar surface area (TPSA) is 9.23 Å². The molecule has 0 aromatic carbocycles. The summed E-state index contributed by atoms with van der Waals surface area (Å²) in [4.78, 5) is 0. The second-order valence-electron chi connectivity index (χ2n) is 1.16. The standard InChI is InChI=1S/C5H6I2O/c1-8-5-2-6-4-7-3-5/h2-4H,1H3. The van der Waals surface area contributed by atoms with Gasteiger partial charge in [0, 0.05) is 10.1 Å². The molecule has 1 nitrogen and oxygen atoms in total. The first-order valence-electron chi connectivity index (χ1n) is 2.06. The van der Waals surface area contributed by atoms with E-state index in [2.05, 4.69) is 10.1 Å². The molecular weight excluding hydrogens is 330 g/mol. The molecular formula is C5H6I2O. The maximum absolute atomic E-state index is 5.03. The fourth-order valence-corrected chi connectivity index (χ4v) is 5.88. The van der Waals surface area contributed by atoms with E-state index in [9.17, 15) is 0 Å². The van der Waals surface area contributed by atoms with Crippen LogP contribution in [0.4, 0.5) is 0 Å². The van der Waals surface area contributed by atoms with Gasteiger partial charge >= 0.3 is 0 Å². The van der Waals surface area contributed by atoms with Gasteiger partial charge in [0.25, 0.3) is 0 Å². The van der Waals surface area contributed by atoms with E-state index in [1.807, 2.05) is 0 Å². The van der Waals surface area contributed by atoms with Crippen LogP contribution in [-0.4, -0.2) is 13.1 Å². The van der Waals surface area contributed by atoms with Crippen LogP contribution in [0.15, 0.2) is 9.84 Å². The summed E-state index contributed by atoms with van der Waals surface area (Å²) in [5.74, 6) is 1.12. The molecule has 1 heterocycles. The van der Waals surface area contributed by atoms with Crippen molar-refractivity contribution in [2.75, 3.05) is 7.11 Å². The molecule has 1 aliphatic heterocycles. The molecule has 0 amide bonds. The van der Waals surface area contributed by atoms with Gasteiger partial charge < -0.3 is 4.74 Å². The maximum Gasteiger partial charge on any atom is 0.130 e. The Kier molecular flexibility index (Phi) is 3.18. The molecule has 46 valence electrons. The molecule has 1 aliphatic rings. The smallest absolute Gasteiger partial charge is 0.130 e. The number of ether oxygens (including phenoxy) is 1. The van der Waals surface area contributed by atoms with Crippen molar-refractivity contribution < 1.29 is 4.74 Å². The number of hydrogen-bond acceptors (Lipinski definition) is 1. The third-order valence-electron chi connectivity index (χ3n) is 0.672. The van der Waals surface area contributed by atoms with Gasteiger partial charge in [-0.3, -0.25) is 0 Å². The second kappa shape index (κ2) is 3.71. The molecule has 0 saturated heterocycles. The van der Waals surface area contributed by atoms with Gasteiger partial charge in [-0.15, -0.1) is 0 Å². The van der Waals surface area contributed by atoms with Crippen molar-refractivity contribution in [3.05, 3.63) is 9.84 Å². The lowest BCUT2D eigenvalue weighted by molar-refractivity contribution is 0.320. The third kappa shape index (κ3) is 1.93. The molecule has 0 radical (unpaired) electrons. The van der Waals surface area contributed by atoms with Gasteiger partial charge in [0.15, 0.2) is 0 Å². The monoisotopic (exact) mass is 336 g/mol. The first kappa shape index (κ1) is 6.85. The molecule has 0 aliphatic carbocycles. The van der Waals surface area contributed by atoms with Crippen LogP contribution >= 0.6 is 41.5 Å². The van der Waals surface area contributed by atoms with E-state index >= 15 is 0 Å². The third-order valence-corrected chi connectivity index (χ3v) is 6.81. The first-order valence-corrected chi connectivity index (χ1v) is 7.05. The van der Waals surface area contributed by atoms with Crippen LogP contribution in [0.1, 0.15) is 0 Å². The van der Waals surface area contributed by atoms with Crippen molar-refractivity contribution >= 4 is 47.5 Å². The van der Waals surface area contributed by atoms with Crippen LogP contribution in [0, 0.1) is 0 Å². The highest BCUT2D eigenvalue weighted by atomic mass is 127. The Morgan fingerprint density at radius 3 is 2.75 bits per heavy atom. The lowest BCUT2D eigenvalue weighted by Crippen LogP contribution is -1.84. The summed E-state index contributed by atoms with van der Waals surface area (Å²) in [5, 5.41) is 0. The summed E-state index contributed by atoms with van der Waals surface area (Å²) >= 11 is 0.547. The van der Waals surface area contributed by atoms with E-state index < -0.39 is 0 Å². The number of rotatable bonds is 1. The molecule has 0 aromatic heterocycles. The van der Waals surface area contributed by atoms with Gasteiger partial charge in [-0.05, 0) is 0 Å². The van der Waals surface area contributed by atoms with Crippen LogP contribution in [0.5, 0.6) is 0 Å². The van der Waals surface area contributed by atoms with Gasteiger partial charge in [-0.25, -0.2) is 0 Å². The van der Waals surface area contributed by atoms with Crippen molar-refractivity contribution in [2.24, 2.45) is 0 Å².